The molecule has 0 unspecified atom stereocenters. The summed E-state index contributed by atoms with van der Waals surface area (Å²) in [6.07, 6.45) is 7.38. The van der Waals surface area contributed by atoms with Crippen LogP contribution in [0.4, 0.5) is 8.78 Å². The Kier molecular flexibility index (Phi) is 3.64. The SMILES string of the molecule is C#Cc1ccc(CCCC)c(F)c1F. The number of halogens is 2. The van der Waals surface area contributed by atoms with Crippen LogP contribution in [0.3, 0.4) is 0 Å². The first-order chi connectivity index (χ1) is 6.70. The molecule has 0 atom stereocenters. The van der Waals surface area contributed by atoms with Gasteiger partial charge in [0.2, 0.25) is 0 Å². The van der Waals surface area contributed by atoms with E-state index in [1.54, 1.807) is 6.07 Å². The highest BCUT2D eigenvalue weighted by Gasteiger charge is 2.11. The Morgan fingerprint density at radius 2 is 2.00 bits per heavy atom. The normalized spacial score (nSPS) is 9.86. The largest absolute Gasteiger partial charge is 0.203 e. The van der Waals surface area contributed by atoms with Crippen molar-refractivity contribution >= 4 is 0 Å². The second-order valence-electron chi connectivity index (χ2n) is 3.15. The van der Waals surface area contributed by atoms with Crippen LogP contribution >= 0.6 is 0 Å². The Balaban J connectivity index is 3.00. The van der Waals surface area contributed by atoms with E-state index in [0.29, 0.717) is 12.0 Å². The molecule has 0 saturated heterocycles. The summed E-state index contributed by atoms with van der Waals surface area (Å²) in [4.78, 5) is 0. The van der Waals surface area contributed by atoms with Crippen molar-refractivity contribution in [2.75, 3.05) is 0 Å². The van der Waals surface area contributed by atoms with Crippen LogP contribution in [0.1, 0.15) is 30.9 Å². The standard InChI is InChI=1S/C12H12F2/c1-3-5-6-10-8-7-9(4-2)11(13)12(10)14/h2,7-8H,3,5-6H2,1H3. The van der Waals surface area contributed by atoms with Crippen LogP contribution in [0.25, 0.3) is 0 Å². The second-order valence-corrected chi connectivity index (χ2v) is 3.15. The summed E-state index contributed by atoms with van der Waals surface area (Å²) in [7, 11) is 0. The first-order valence-corrected chi connectivity index (χ1v) is 4.64. The molecule has 2 heteroatoms. The quantitative estimate of drug-likeness (QED) is 0.648. The Bertz CT molecular complexity index is 361. The molecule has 0 fully saturated rings. The molecular weight excluding hydrogens is 182 g/mol. The van der Waals surface area contributed by atoms with Crippen molar-refractivity contribution in [3.05, 3.63) is 34.9 Å². The van der Waals surface area contributed by atoms with Gasteiger partial charge in [0.25, 0.3) is 0 Å². The van der Waals surface area contributed by atoms with Gasteiger partial charge in [-0.25, -0.2) is 8.78 Å². The third-order valence-electron chi connectivity index (χ3n) is 2.12. The Labute approximate surface area is 83.0 Å². The van der Waals surface area contributed by atoms with Crippen LogP contribution in [0.5, 0.6) is 0 Å². The number of benzene rings is 1. The van der Waals surface area contributed by atoms with E-state index in [2.05, 4.69) is 5.92 Å². The van der Waals surface area contributed by atoms with Gasteiger partial charge in [-0.15, -0.1) is 6.42 Å². The number of hydrogen-bond acceptors (Lipinski definition) is 0. The van der Waals surface area contributed by atoms with Crippen molar-refractivity contribution in [2.24, 2.45) is 0 Å². The number of unbranched alkanes of at least 4 members (excludes halogenated alkanes) is 1. The van der Waals surface area contributed by atoms with Gasteiger partial charge in [-0.05, 0) is 24.5 Å². The Morgan fingerprint density at radius 1 is 1.29 bits per heavy atom. The predicted molar refractivity (Wildman–Crippen MR) is 52.9 cm³/mol. The molecular formula is C12H12F2. The van der Waals surface area contributed by atoms with Crippen LogP contribution in [0.15, 0.2) is 12.1 Å². The molecule has 0 bridgehead atoms. The topological polar surface area (TPSA) is 0 Å². The molecule has 0 saturated carbocycles. The van der Waals surface area contributed by atoms with E-state index in [1.165, 1.54) is 6.07 Å². The van der Waals surface area contributed by atoms with E-state index in [4.69, 9.17) is 6.42 Å². The highest BCUT2D eigenvalue weighted by molar-refractivity contribution is 5.37. The monoisotopic (exact) mass is 194 g/mol. The lowest BCUT2D eigenvalue weighted by atomic mass is 10.1. The number of terminal acetylenes is 1. The Morgan fingerprint density at radius 3 is 2.57 bits per heavy atom. The molecule has 1 aromatic carbocycles. The lowest BCUT2D eigenvalue weighted by Gasteiger charge is -2.04. The first kappa shape index (κ1) is 10.7. The molecule has 0 aliphatic heterocycles. The van der Waals surface area contributed by atoms with Gasteiger partial charge in [-0.2, -0.15) is 0 Å². The third kappa shape index (κ3) is 2.11. The van der Waals surface area contributed by atoms with E-state index >= 15 is 0 Å². The van der Waals surface area contributed by atoms with E-state index in [9.17, 15) is 8.78 Å². The van der Waals surface area contributed by atoms with Crippen LogP contribution in [0, 0.1) is 24.0 Å². The maximum Gasteiger partial charge on any atom is 0.174 e. The smallest absolute Gasteiger partial charge is 0.174 e. The fraction of sp³-hybridized carbons (Fsp3) is 0.333. The Hall–Kier alpha value is -1.36. The van der Waals surface area contributed by atoms with Crippen molar-refractivity contribution in [1.82, 2.24) is 0 Å². The summed E-state index contributed by atoms with van der Waals surface area (Å²) in [6, 6.07) is 3.01. The van der Waals surface area contributed by atoms with Gasteiger partial charge < -0.3 is 0 Å². The van der Waals surface area contributed by atoms with Crippen LogP contribution < -0.4 is 0 Å². The summed E-state index contributed by atoms with van der Waals surface area (Å²) in [5.41, 5.74) is 0.395. The first-order valence-electron chi connectivity index (χ1n) is 4.64. The summed E-state index contributed by atoms with van der Waals surface area (Å²) in [5.74, 6) is 0.405. The fourth-order valence-electron chi connectivity index (χ4n) is 1.26. The van der Waals surface area contributed by atoms with Gasteiger partial charge in [0.15, 0.2) is 11.6 Å². The predicted octanol–water partition coefficient (Wildman–Crippen LogP) is 3.29. The van der Waals surface area contributed by atoms with Crippen molar-refractivity contribution in [2.45, 2.75) is 26.2 Å². The van der Waals surface area contributed by atoms with Crippen molar-refractivity contribution in [1.29, 1.82) is 0 Å². The number of hydrogen-bond donors (Lipinski definition) is 0. The number of aryl methyl sites for hydroxylation is 1. The van der Waals surface area contributed by atoms with Gasteiger partial charge in [-0.1, -0.05) is 25.3 Å². The molecule has 74 valence electrons. The molecule has 0 spiro atoms. The molecule has 1 aromatic rings. The molecule has 0 N–H and O–H groups in total. The van der Waals surface area contributed by atoms with E-state index in [-0.39, 0.29) is 5.56 Å². The van der Waals surface area contributed by atoms with Crippen molar-refractivity contribution in [3.63, 3.8) is 0 Å². The summed E-state index contributed by atoms with van der Waals surface area (Å²) >= 11 is 0. The highest BCUT2D eigenvalue weighted by Crippen LogP contribution is 2.17. The van der Waals surface area contributed by atoms with E-state index < -0.39 is 11.6 Å². The minimum absolute atomic E-state index is 0.0113. The molecule has 0 amide bonds. The van der Waals surface area contributed by atoms with E-state index in [1.807, 2.05) is 6.92 Å². The molecule has 0 aliphatic carbocycles. The molecule has 0 aliphatic rings. The zero-order valence-electron chi connectivity index (χ0n) is 8.11. The van der Waals surface area contributed by atoms with E-state index in [0.717, 1.165) is 12.8 Å². The maximum absolute atomic E-state index is 13.3. The van der Waals surface area contributed by atoms with Gasteiger partial charge in [0.1, 0.15) is 0 Å². The molecule has 0 radical (unpaired) electrons. The zero-order chi connectivity index (χ0) is 10.6. The third-order valence-corrected chi connectivity index (χ3v) is 2.12. The van der Waals surface area contributed by atoms with Crippen LogP contribution in [-0.2, 0) is 6.42 Å². The van der Waals surface area contributed by atoms with Crippen LogP contribution in [-0.4, -0.2) is 0 Å². The average Bonchev–Trinajstić information content (AvgIpc) is 2.20. The lowest BCUT2D eigenvalue weighted by molar-refractivity contribution is 0.495. The molecule has 1 rings (SSSR count). The highest BCUT2D eigenvalue weighted by atomic mass is 19.2. The zero-order valence-corrected chi connectivity index (χ0v) is 8.11. The molecule has 0 heterocycles. The van der Waals surface area contributed by atoms with Crippen molar-refractivity contribution < 1.29 is 8.78 Å². The van der Waals surface area contributed by atoms with Gasteiger partial charge in [0.05, 0.1) is 5.56 Å². The summed E-state index contributed by atoms with van der Waals surface area (Å²) < 4.78 is 26.5. The van der Waals surface area contributed by atoms with Gasteiger partial charge in [-0.3, -0.25) is 0 Å². The number of rotatable bonds is 3. The molecule has 0 aromatic heterocycles. The summed E-state index contributed by atoms with van der Waals surface area (Å²) in [5, 5.41) is 0. The van der Waals surface area contributed by atoms with Gasteiger partial charge >= 0.3 is 0 Å². The maximum atomic E-state index is 13.3. The second kappa shape index (κ2) is 4.76. The lowest BCUT2D eigenvalue weighted by Crippen LogP contribution is -1.97. The average molecular weight is 194 g/mol. The van der Waals surface area contributed by atoms with Gasteiger partial charge in [0, 0.05) is 0 Å². The minimum Gasteiger partial charge on any atom is -0.203 e. The van der Waals surface area contributed by atoms with Crippen LogP contribution in [0.2, 0.25) is 0 Å². The minimum atomic E-state index is -0.902. The molecule has 14 heavy (non-hydrogen) atoms. The molecule has 0 nitrogen and oxygen atoms in total. The fourth-order valence-corrected chi connectivity index (χ4v) is 1.26. The summed E-state index contributed by atoms with van der Waals surface area (Å²) in [6.45, 7) is 2.00. The van der Waals surface area contributed by atoms with Crippen molar-refractivity contribution in [3.8, 4) is 12.3 Å².